The Kier molecular flexibility index (Phi) is 10.3. The first-order valence-corrected chi connectivity index (χ1v) is 17.5. The van der Waals surface area contributed by atoms with Crippen LogP contribution in [0.2, 0.25) is 5.02 Å². The molecule has 2 heterocycles. The predicted octanol–water partition coefficient (Wildman–Crippen LogP) is 5.03. The molecule has 0 atom stereocenters. The number of H-pyrrole nitrogens is 1. The van der Waals surface area contributed by atoms with Crippen LogP contribution in [-0.2, 0) is 27.8 Å². The van der Waals surface area contributed by atoms with Crippen molar-refractivity contribution in [3.8, 4) is 22.8 Å². The van der Waals surface area contributed by atoms with Crippen molar-refractivity contribution in [2.75, 3.05) is 23.6 Å². The molecule has 0 spiro atoms. The van der Waals surface area contributed by atoms with Gasteiger partial charge >= 0.3 is 0 Å². The molecule has 0 saturated carbocycles. The number of aromatic nitrogens is 3. The van der Waals surface area contributed by atoms with Gasteiger partial charge in [0.25, 0.3) is 15.9 Å². The molecule has 0 aliphatic carbocycles. The van der Waals surface area contributed by atoms with Gasteiger partial charge in [-0.15, -0.1) is 10.2 Å². The van der Waals surface area contributed by atoms with Crippen LogP contribution in [0.1, 0.15) is 21.5 Å². The third-order valence-corrected chi connectivity index (χ3v) is 9.57. The van der Waals surface area contributed by atoms with Crippen molar-refractivity contribution >= 4 is 55.8 Å². The number of hydrogen-bond acceptors (Lipinski definition) is 9. The van der Waals surface area contributed by atoms with Crippen LogP contribution >= 0.6 is 11.6 Å². The second kappa shape index (κ2) is 15.2. The highest BCUT2D eigenvalue weighted by Gasteiger charge is 2.17. The summed E-state index contributed by atoms with van der Waals surface area (Å²) < 4.78 is 34.4. The number of carbonyl (C=O) groups excluding carboxylic acids is 2. The molecule has 2 aromatic heterocycles. The quantitative estimate of drug-likeness (QED) is 0.0944. The summed E-state index contributed by atoms with van der Waals surface area (Å²) in [6, 6.07) is 26.5. The number of phenolic OH excluding ortho intramolecular Hbond substituents is 1. The van der Waals surface area contributed by atoms with Crippen LogP contribution in [0.4, 0.5) is 11.5 Å². The van der Waals surface area contributed by atoms with E-state index in [1.165, 1.54) is 12.1 Å². The predicted molar refractivity (Wildman–Crippen MR) is 194 cm³/mol. The Morgan fingerprint density at radius 3 is 2.41 bits per heavy atom. The number of amides is 2. The maximum absolute atomic E-state index is 13.0. The van der Waals surface area contributed by atoms with Gasteiger partial charge in [-0.2, -0.15) is 0 Å². The average molecular weight is 726 g/mol. The maximum Gasteiger partial charge on any atom is 0.261 e. The van der Waals surface area contributed by atoms with E-state index in [-0.39, 0.29) is 36.2 Å². The zero-order chi connectivity index (χ0) is 36.0. The van der Waals surface area contributed by atoms with Crippen LogP contribution in [0, 0.1) is 0 Å². The number of hydrogen-bond donors (Lipinski definition) is 6. The summed E-state index contributed by atoms with van der Waals surface area (Å²) >= 11 is 6.15. The molecule has 4 aromatic carbocycles. The molecule has 0 bridgehead atoms. The molecule has 7 N–H and O–H groups in total. The molecule has 0 unspecified atom stereocenters. The number of halogens is 1. The van der Waals surface area contributed by atoms with Crippen LogP contribution in [-0.4, -0.2) is 53.7 Å². The van der Waals surface area contributed by atoms with E-state index in [4.69, 9.17) is 22.1 Å². The number of para-hydroxylation sites is 2. The summed E-state index contributed by atoms with van der Waals surface area (Å²) in [7, 11) is -3.89. The van der Waals surface area contributed by atoms with E-state index >= 15 is 0 Å². The Balaban J connectivity index is 0.940. The number of aromatic hydroxyl groups is 1. The summed E-state index contributed by atoms with van der Waals surface area (Å²) in [4.78, 5) is 28.1. The van der Waals surface area contributed by atoms with Crippen LogP contribution in [0.3, 0.4) is 0 Å². The molecule has 0 saturated heterocycles. The minimum Gasteiger partial charge on any atom is -0.507 e. The Hall–Kier alpha value is -6.12. The SMILES string of the molecule is Nc1nnc(-c2ccccc2O)cc1OCCc1ccc(C(=O)NCC(=O)NCc2ccc(S(=O)(=O)Nc3cccc4c(Cl)c[nH]c34)cc2)cc1. The van der Waals surface area contributed by atoms with E-state index in [0.29, 0.717) is 56.2 Å². The lowest BCUT2D eigenvalue weighted by Crippen LogP contribution is -2.36. The van der Waals surface area contributed by atoms with Gasteiger partial charge in [0.1, 0.15) is 11.4 Å². The summed E-state index contributed by atoms with van der Waals surface area (Å²) in [5, 5.41) is 24.6. The Morgan fingerprint density at radius 1 is 0.902 bits per heavy atom. The molecule has 2 amide bonds. The number of nitrogens with zero attached hydrogens (tertiary/aromatic N) is 2. The van der Waals surface area contributed by atoms with Gasteiger partial charge in [0.2, 0.25) is 5.91 Å². The smallest absolute Gasteiger partial charge is 0.261 e. The number of rotatable bonds is 13. The molecule has 0 fully saturated rings. The molecular formula is C36H32ClN7O6S. The van der Waals surface area contributed by atoms with E-state index in [1.807, 2.05) is 0 Å². The number of sulfonamides is 1. The molecule has 51 heavy (non-hydrogen) atoms. The summed E-state index contributed by atoms with van der Waals surface area (Å²) in [5.41, 5.74) is 9.75. The summed E-state index contributed by atoms with van der Waals surface area (Å²) in [6.45, 7) is 0.165. The summed E-state index contributed by atoms with van der Waals surface area (Å²) in [6.07, 6.45) is 2.10. The number of fused-ring (bicyclic) bond motifs is 1. The van der Waals surface area contributed by atoms with E-state index < -0.39 is 21.8 Å². The average Bonchev–Trinajstić information content (AvgIpc) is 3.52. The number of nitrogen functional groups attached to an aromatic ring is 1. The van der Waals surface area contributed by atoms with E-state index in [2.05, 4.69) is 30.5 Å². The van der Waals surface area contributed by atoms with Crippen molar-refractivity contribution in [3.05, 3.63) is 125 Å². The van der Waals surface area contributed by atoms with Crippen molar-refractivity contribution < 1.29 is 27.9 Å². The van der Waals surface area contributed by atoms with Crippen LogP contribution < -0.4 is 25.8 Å². The number of ether oxygens (including phenoxy) is 1. The maximum atomic E-state index is 13.0. The number of aromatic amines is 1. The molecule has 0 aliphatic rings. The molecule has 13 nitrogen and oxygen atoms in total. The highest BCUT2D eigenvalue weighted by atomic mass is 35.5. The molecule has 0 radical (unpaired) electrons. The first kappa shape index (κ1) is 34.7. The minimum atomic E-state index is -3.89. The first-order chi connectivity index (χ1) is 24.6. The fourth-order valence-corrected chi connectivity index (χ4v) is 6.43. The van der Waals surface area contributed by atoms with Gasteiger partial charge in [0.05, 0.1) is 34.3 Å². The van der Waals surface area contributed by atoms with Crippen molar-refractivity contribution in [1.82, 2.24) is 25.8 Å². The van der Waals surface area contributed by atoms with Crippen LogP contribution in [0.25, 0.3) is 22.2 Å². The zero-order valence-corrected chi connectivity index (χ0v) is 28.5. The van der Waals surface area contributed by atoms with E-state index in [9.17, 15) is 23.1 Å². The molecule has 6 aromatic rings. The topological polar surface area (TPSA) is 201 Å². The number of benzene rings is 4. The van der Waals surface area contributed by atoms with Crippen molar-refractivity contribution in [2.45, 2.75) is 17.9 Å². The summed E-state index contributed by atoms with van der Waals surface area (Å²) in [5.74, 6) is -0.309. The second-order valence-electron chi connectivity index (χ2n) is 11.4. The molecule has 260 valence electrons. The standard InChI is InChI=1S/C36H32ClN7O6S/c37-28-20-40-34-26(28)5-3-6-29(34)44-51(48,49)25-14-10-23(11-15-25)19-39-33(46)21-41-36(47)24-12-8-22(9-13-24)16-17-50-32-18-30(42-43-35(32)38)27-4-1-2-7-31(27)45/h1-15,18,20,40,44-45H,16-17,19,21H2,(H2,38,43)(H,39,46)(H,41,47). The van der Waals surface area contributed by atoms with Gasteiger partial charge in [-0.05, 0) is 53.6 Å². The lowest BCUT2D eigenvalue weighted by atomic mass is 10.1. The van der Waals surface area contributed by atoms with E-state index in [0.717, 1.165) is 5.56 Å². The molecular weight excluding hydrogens is 694 g/mol. The molecule has 15 heteroatoms. The van der Waals surface area contributed by atoms with Gasteiger partial charge in [0, 0.05) is 41.7 Å². The third kappa shape index (κ3) is 8.37. The highest BCUT2D eigenvalue weighted by molar-refractivity contribution is 7.92. The number of nitrogens with two attached hydrogens (primary N) is 1. The Labute approximate surface area is 297 Å². The van der Waals surface area contributed by atoms with Crippen LogP contribution in [0.5, 0.6) is 11.5 Å². The molecule has 0 aliphatic heterocycles. The van der Waals surface area contributed by atoms with Gasteiger partial charge in [-0.3, -0.25) is 14.3 Å². The third-order valence-electron chi connectivity index (χ3n) is 7.87. The first-order valence-electron chi connectivity index (χ1n) is 15.6. The zero-order valence-electron chi connectivity index (χ0n) is 26.9. The number of phenols is 1. The normalized spacial score (nSPS) is 11.2. The van der Waals surface area contributed by atoms with Crippen molar-refractivity contribution in [3.63, 3.8) is 0 Å². The Morgan fingerprint density at radius 2 is 1.65 bits per heavy atom. The van der Waals surface area contributed by atoms with Gasteiger partial charge < -0.3 is 31.2 Å². The molecule has 6 rings (SSSR count). The largest absolute Gasteiger partial charge is 0.507 e. The van der Waals surface area contributed by atoms with Crippen molar-refractivity contribution in [1.29, 1.82) is 0 Å². The van der Waals surface area contributed by atoms with Gasteiger partial charge in [-0.25, -0.2) is 8.42 Å². The lowest BCUT2D eigenvalue weighted by molar-refractivity contribution is -0.120. The van der Waals surface area contributed by atoms with Gasteiger partial charge in [0.15, 0.2) is 11.6 Å². The monoisotopic (exact) mass is 725 g/mol. The Bertz CT molecular complexity index is 2310. The number of anilines is 2. The van der Waals surface area contributed by atoms with Crippen LogP contribution in [0.15, 0.2) is 108 Å². The van der Waals surface area contributed by atoms with E-state index in [1.54, 1.807) is 91.1 Å². The van der Waals surface area contributed by atoms with Crippen molar-refractivity contribution in [2.24, 2.45) is 0 Å². The highest BCUT2D eigenvalue weighted by Crippen LogP contribution is 2.31. The second-order valence-corrected chi connectivity index (χ2v) is 13.5. The fraction of sp³-hybridized carbons (Fsp3) is 0.111. The lowest BCUT2D eigenvalue weighted by Gasteiger charge is -2.11. The minimum absolute atomic E-state index is 0.0492. The van der Waals surface area contributed by atoms with Gasteiger partial charge in [-0.1, -0.05) is 60.1 Å². The fourth-order valence-electron chi connectivity index (χ4n) is 5.14. The number of nitrogens with one attached hydrogen (secondary N) is 4. The number of carbonyl (C=O) groups is 2.